The third kappa shape index (κ3) is 5.34. The van der Waals surface area contributed by atoms with Crippen LogP contribution in [0.15, 0.2) is 24.3 Å². The maximum absolute atomic E-state index is 13.3. The van der Waals surface area contributed by atoms with Gasteiger partial charge in [-0.3, -0.25) is 9.69 Å². The number of hydrogen-bond acceptors (Lipinski definition) is 4. The monoisotopic (exact) mass is 349 g/mol. The van der Waals surface area contributed by atoms with E-state index in [0.29, 0.717) is 13.1 Å². The van der Waals surface area contributed by atoms with Crippen LogP contribution in [0.2, 0.25) is 0 Å². The molecule has 0 saturated carbocycles. The Kier molecular flexibility index (Phi) is 6.38. The second-order valence-electron chi connectivity index (χ2n) is 5.37. The van der Waals surface area contributed by atoms with Crippen LogP contribution in [0.3, 0.4) is 0 Å². The topological polar surface area (TPSA) is 53.6 Å². The molecule has 0 bridgehead atoms. The van der Waals surface area contributed by atoms with E-state index in [-0.39, 0.29) is 18.8 Å². The zero-order chi connectivity index (χ0) is 17.6. The van der Waals surface area contributed by atoms with Crippen molar-refractivity contribution < 1.29 is 27.1 Å². The third-order valence-electron chi connectivity index (χ3n) is 3.66. The van der Waals surface area contributed by atoms with Gasteiger partial charge in [-0.25, -0.2) is 4.39 Å². The molecule has 1 aromatic carbocycles. The zero-order valence-electron chi connectivity index (χ0n) is 12.9. The summed E-state index contributed by atoms with van der Waals surface area (Å²) in [4.78, 5) is 13.0. The lowest BCUT2D eigenvalue weighted by molar-refractivity contribution is -0.184. The molecule has 0 spiro atoms. The Bertz CT molecular complexity index is 548. The van der Waals surface area contributed by atoms with Gasteiger partial charge in [0.2, 0.25) is 0 Å². The minimum atomic E-state index is -4.45. The van der Waals surface area contributed by atoms with E-state index in [1.54, 1.807) is 0 Å². The lowest BCUT2D eigenvalue weighted by Gasteiger charge is -2.35. The molecule has 0 aliphatic carbocycles. The second-order valence-corrected chi connectivity index (χ2v) is 5.37. The van der Waals surface area contributed by atoms with Crippen LogP contribution in [-0.4, -0.2) is 62.4 Å². The summed E-state index contributed by atoms with van der Waals surface area (Å²) in [5.41, 5.74) is 0. The molecule has 1 atom stereocenters. The van der Waals surface area contributed by atoms with Crippen molar-refractivity contribution >= 4 is 5.91 Å². The molecule has 2 rings (SSSR count). The summed E-state index contributed by atoms with van der Waals surface area (Å²) >= 11 is 0. The Labute approximate surface area is 137 Å². The van der Waals surface area contributed by atoms with Crippen LogP contribution in [0.5, 0.6) is 5.75 Å². The van der Waals surface area contributed by atoms with Crippen LogP contribution < -0.4 is 15.4 Å². The molecular formula is C15H19F4N3O2. The average molecular weight is 349 g/mol. The van der Waals surface area contributed by atoms with Crippen LogP contribution >= 0.6 is 0 Å². The van der Waals surface area contributed by atoms with Crippen molar-refractivity contribution in [3.63, 3.8) is 0 Å². The van der Waals surface area contributed by atoms with Gasteiger partial charge in [-0.2, -0.15) is 13.2 Å². The number of para-hydroxylation sites is 1. The quantitative estimate of drug-likeness (QED) is 0.757. The molecule has 1 amide bonds. The van der Waals surface area contributed by atoms with Crippen molar-refractivity contribution in [1.82, 2.24) is 15.5 Å². The van der Waals surface area contributed by atoms with Crippen molar-refractivity contribution in [1.29, 1.82) is 0 Å². The third-order valence-corrected chi connectivity index (χ3v) is 3.66. The smallest absolute Gasteiger partial charge is 0.405 e. The fraction of sp³-hybridized carbons (Fsp3) is 0.533. The van der Waals surface area contributed by atoms with Gasteiger partial charge in [0.05, 0.1) is 0 Å². The highest BCUT2D eigenvalue weighted by Gasteiger charge is 2.43. The van der Waals surface area contributed by atoms with Gasteiger partial charge in [-0.15, -0.1) is 0 Å². The second kappa shape index (κ2) is 8.29. The van der Waals surface area contributed by atoms with Crippen LogP contribution in [0.25, 0.3) is 0 Å². The first-order valence-electron chi connectivity index (χ1n) is 7.53. The fourth-order valence-corrected chi connectivity index (χ4v) is 2.41. The lowest BCUT2D eigenvalue weighted by atomic mass is 10.2. The minimum absolute atomic E-state index is 0.123. The van der Waals surface area contributed by atoms with Crippen LogP contribution in [-0.2, 0) is 4.79 Å². The first-order chi connectivity index (χ1) is 11.4. The molecule has 1 heterocycles. The molecule has 0 aromatic heterocycles. The molecule has 1 saturated heterocycles. The molecule has 24 heavy (non-hydrogen) atoms. The van der Waals surface area contributed by atoms with Crippen molar-refractivity contribution in [3.05, 3.63) is 30.1 Å². The molecule has 1 aliphatic heterocycles. The summed E-state index contributed by atoms with van der Waals surface area (Å²) in [6.07, 6.45) is -4.45. The Hall–Kier alpha value is -1.87. The van der Waals surface area contributed by atoms with Crippen LogP contribution in [0, 0.1) is 5.82 Å². The molecule has 1 aliphatic rings. The predicted molar refractivity (Wildman–Crippen MR) is 79.2 cm³/mol. The summed E-state index contributed by atoms with van der Waals surface area (Å²) in [5, 5.41) is 5.19. The summed E-state index contributed by atoms with van der Waals surface area (Å²) in [6.45, 7) is 0.335. The van der Waals surface area contributed by atoms with Gasteiger partial charge in [-0.05, 0) is 12.1 Å². The highest BCUT2D eigenvalue weighted by molar-refractivity contribution is 5.77. The number of nitrogens with one attached hydrogen (secondary N) is 2. The number of ether oxygens (including phenoxy) is 1. The van der Waals surface area contributed by atoms with E-state index in [0.717, 1.165) is 6.07 Å². The number of nitrogens with zero attached hydrogens (tertiary/aromatic N) is 1. The number of alkyl halides is 3. The van der Waals surface area contributed by atoms with E-state index >= 15 is 0 Å². The Balaban J connectivity index is 1.84. The zero-order valence-corrected chi connectivity index (χ0v) is 12.9. The molecule has 1 fully saturated rings. The van der Waals surface area contributed by atoms with Crippen molar-refractivity contribution in [2.24, 2.45) is 0 Å². The van der Waals surface area contributed by atoms with Gasteiger partial charge in [-0.1, -0.05) is 12.1 Å². The van der Waals surface area contributed by atoms with Gasteiger partial charge in [0.25, 0.3) is 5.91 Å². The van der Waals surface area contributed by atoms with E-state index in [4.69, 9.17) is 4.74 Å². The summed E-state index contributed by atoms with van der Waals surface area (Å²) in [7, 11) is 0. The number of carbonyl (C=O) groups excluding carboxylic acids is 1. The highest BCUT2D eigenvalue weighted by atomic mass is 19.4. The Morgan fingerprint density at radius 2 is 1.96 bits per heavy atom. The maximum Gasteiger partial charge on any atom is 0.405 e. The molecule has 9 heteroatoms. The molecule has 2 N–H and O–H groups in total. The number of benzene rings is 1. The van der Waals surface area contributed by atoms with E-state index in [9.17, 15) is 22.4 Å². The molecule has 1 aromatic rings. The largest absolute Gasteiger partial charge is 0.481 e. The number of halogens is 4. The SMILES string of the molecule is O=C(COc1ccccc1F)NCC(N1CCNCC1)C(F)(F)F. The van der Waals surface area contributed by atoms with Crippen molar-refractivity contribution in [2.45, 2.75) is 12.2 Å². The first-order valence-corrected chi connectivity index (χ1v) is 7.53. The Morgan fingerprint density at radius 3 is 2.58 bits per heavy atom. The maximum atomic E-state index is 13.3. The number of hydrogen-bond donors (Lipinski definition) is 2. The summed E-state index contributed by atoms with van der Waals surface area (Å²) in [6, 6.07) is 3.74. The van der Waals surface area contributed by atoms with Crippen molar-refractivity contribution in [2.75, 3.05) is 39.3 Å². The highest BCUT2D eigenvalue weighted by Crippen LogP contribution is 2.24. The molecule has 134 valence electrons. The van der Waals surface area contributed by atoms with E-state index in [1.165, 1.54) is 23.1 Å². The minimum Gasteiger partial charge on any atom is -0.481 e. The van der Waals surface area contributed by atoms with Gasteiger partial charge in [0.15, 0.2) is 18.2 Å². The summed E-state index contributed by atoms with van der Waals surface area (Å²) < 4.78 is 57.8. The molecular weight excluding hydrogens is 330 g/mol. The van der Waals surface area contributed by atoms with Gasteiger partial charge in [0, 0.05) is 32.7 Å². The standard InChI is InChI=1S/C15H19F4N3O2/c16-11-3-1-2-4-12(11)24-10-14(23)21-9-13(15(17,18)19)22-7-5-20-6-8-22/h1-4,13,20H,5-10H2,(H,21,23). The molecule has 5 nitrogen and oxygen atoms in total. The fourth-order valence-electron chi connectivity index (χ4n) is 2.41. The normalized spacial score (nSPS) is 17.3. The summed E-state index contributed by atoms with van der Waals surface area (Å²) in [5.74, 6) is -1.50. The van der Waals surface area contributed by atoms with E-state index in [2.05, 4.69) is 10.6 Å². The predicted octanol–water partition coefficient (Wildman–Crippen LogP) is 1.16. The number of carbonyl (C=O) groups is 1. The number of rotatable bonds is 6. The van der Waals surface area contributed by atoms with Crippen molar-refractivity contribution in [3.8, 4) is 5.75 Å². The number of amides is 1. The molecule has 1 unspecified atom stereocenters. The molecule has 0 radical (unpaired) electrons. The lowest BCUT2D eigenvalue weighted by Crippen LogP contribution is -2.57. The van der Waals surface area contributed by atoms with Crippen LogP contribution in [0.1, 0.15) is 0 Å². The van der Waals surface area contributed by atoms with E-state index < -0.39 is 37.1 Å². The Morgan fingerprint density at radius 1 is 1.29 bits per heavy atom. The average Bonchev–Trinajstić information content (AvgIpc) is 2.54. The van der Waals surface area contributed by atoms with Gasteiger partial charge < -0.3 is 15.4 Å². The van der Waals surface area contributed by atoms with E-state index in [1.807, 2.05) is 0 Å². The number of piperazine rings is 1. The van der Waals surface area contributed by atoms with Gasteiger partial charge in [0.1, 0.15) is 6.04 Å². The first kappa shape index (κ1) is 18.5. The van der Waals surface area contributed by atoms with Crippen LogP contribution in [0.4, 0.5) is 17.6 Å². The van der Waals surface area contributed by atoms with Gasteiger partial charge >= 0.3 is 6.18 Å².